The monoisotopic (exact) mass is 306 g/mol. The molecule has 122 valence electrons. The van der Waals surface area contributed by atoms with Crippen LogP contribution < -0.4 is 0 Å². The first-order valence-corrected chi connectivity index (χ1v) is 8.44. The predicted octanol–water partition coefficient (Wildman–Crippen LogP) is 2.43. The van der Waals surface area contributed by atoms with Gasteiger partial charge in [0.25, 0.3) is 0 Å². The molecule has 5 nitrogen and oxygen atoms in total. The van der Waals surface area contributed by atoms with Crippen molar-refractivity contribution < 1.29 is 14.3 Å². The summed E-state index contributed by atoms with van der Waals surface area (Å²) in [6.45, 7) is 3.89. The Morgan fingerprint density at radius 3 is 2.73 bits per heavy atom. The summed E-state index contributed by atoms with van der Waals surface area (Å²) in [5.74, 6) is -0.0678. The van der Waals surface area contributed by atoms with Gasteiger partial charge in [-0.15, -0.1) is 0 Å². The molecular formula is C17H26N2O3. The van der Waals surface area contributed by atoms with Crippen molar-refractivity contribution >= 4 is 5.97 Å². The van der Waals surface area contributed by atoms with Crippen LogP contribution in [0.3, 0.4) is 0 Å². The Balaban J connectivity index is 1.65. The second-order valence-electron chi connectivity index (χ2n) is 6.64. The molecule has 1 aromatic heterocycles. The molecular weight excluding hydrogens is 280 g/mol. The Morgan fingerprint density at radius 2 is 2.05 bits per heavy atom. The maximum atomic E-state index is 11.6. The molecule has 0 radical (unpaired) electrons. The zero-order valence-electron chi connectivity index (χ0n) is 13.1. The molecule has 0 aromatic carbocycles. The van der Waals surface area contributed by atoms with Crippen LogP contribution in [0.1, 0.15) is 37.9 Å². The van der Waals surface area contributed by atoms with Gasteiger partial charge in [-0.1, -0.05) is 19.3 Å². The molecule has 2 aliphatic rings. The average Bonchev–Trinajstić information content (AvgIpc) is 2.93. The quantitative estimate of drug-likeness (QED) is 0.926. The predicted molar refractivity (Wildman–Crippen MR) is 83.6 cm³/mol. The second-order valence-corrected chi connectivity index (χ2v) is 6.64. The molecule has 1 aromatic rings. The third kappa shape index (κ3) is 3.90. The van der Waals surface area contributed by atoms with Crippen LogP contribution in [0.15, 0.2) is 22.8 Å². The van der Waals surface area contributed by atoms with Gasteiger partial charge in [-0.25, -0.2) is 0 Å². The number of nitrogens with zero attached hydrogens (tertiary/aromatic N) is 2. The molecule has 0 amide bonds. The van der Waals surface area contributed by atoms with Gasteiger partial charge in [-0.05, 0) is 25.0 Å². The summed E-state index contributed by atoms with van der Waals surface area (Å²) < 4.78 is 5.41. The van der Waals surface area contributed by atoms with Gasteiger partial charge in [0.15, 0.2) is 0 Å². The minimum Gasteiger partial charge on any atom is -0.481 e. The Bertz CT molecular complexity index is 468. The third-order valence-electron chi connectivity index (χ3n) is 5.04. The number of hydrogen-bond donors (Lipinski definition) is 1. The van der Waals surface area contributed by atoms with Crippen LogP contribution in [0.25, 0.3) is 0 Å². The van der Waals surface area contributed by atoms with Gasteiger partial charge < -0.3 is 9.52 Å². The van der Waals surface area contributed by atoms with E-state index in [2.05, 4.69) is 9.80 Å². The summed E-state index contributed by atoms with van der Waals surface area (Å²) >= 11 is 0. The van der Waals surface area contributed by atoms with Gasteiger partial charge in [0.1, 0.15) is 5.76 Å². The van der Waals surface area contributed by atoms with Crippen molar-refractivity contribution in [2.75, 3.05) is 26.2 Å². The average molecular weight is 306 g/mol. The van der Waals surface area contributed by atoms with Crippen LogP contribution in [0.4, 0.5) is 0 Å². The van der Waals surface area contributed by atoms with E-state index in [0.29, 0.717) is 25.7 Å². The normalized spacial score (nSPS) is 25.9. The van der Waals surface area contributed by atoms with Crippen LogP contribution in [0.2, 0.25) is 0 Å². The van der Waals surface area contributed by atoms with E-state index < -0.39 is 5.97 Å². The molecule has 0 bridgehead atoms. The molecule has 1 unspecified atom stereocenters. The van der Waals surface area contributed by atoms with Crippen molar-refractivity contribution in [3.05, 3.63) is 24.2 Å². The highest BCUT2D eigenvalue weighted by molar-refractivity contribution is 5.70. The van der Waals surface area contributed by atoms with Gasteiger partial charge >= 0.3 is 5.97 Å². The largest absolute Gasteiger partial charge is 0.481 e. The Hall–Kier alpha value is -1.33. The molecule has 1 saturated heterocycles. The summed E-state index contributed by atoms with van der Waals surface area (Å²) in [7, 11) is 0. The van der Waals surface area contributed by atoms with Crippen molar-refractivity contribution in [2.24, 2.45) is 5.92 Å². The zero-order valence-corrected chi connectivity index (χ0v) is 13.1. The summed E-state index contributed by atoms with van der Waals surface area (Å²) in [5, 5.41) is 9.55. The zero-order chi connectivity index (χ0) is 15.4. The molecule has 22 heavy (non-hydrogen) atoms. The van der Waals surface area contributed by atoms with Crippen LogP contribution >= 0.6 is 0 Å². The third-order valence-corrected chi connectivity index (χ3v) is 5.04. The minimum absolute atomic E-state index is 0.306. The fourth-order valence-corrected chi connectivity index (χ4v) is 3.81. The van der Waals surface area contributed by atoms with E-state index in [9.17, 15) is 9.90 Å². The summed E-state index contributed by atoms with van der Waals surface area (Å²) in [4.78, 5) is 16.3. The second kappa shape index (κ2) is 7.29. The number of carboxylic acids is 1. The maximum absolute atomic E-state index is 11.6. The van der Waals surface area contributed by atoms with Gasteiger partial charge in [-0.3, -0.25) is 14.6 Å². The molecule has 0 spiro atoms. The smallest absolute Gasteiger partial charge is 0.309 e. The van der Waals surface area contributed by atoms with E-state index in [-0.39, 0.29) is 5.92 Å². The topological polar surface area (TPSA) is 56.9 Å². The molecule has 1 aliphatic carbocycles. The number of carbonyl (C=O) groups is 1. The van der Waals surface area contributed by atoms with E-state index >= 15 is 0 Å². The lowest BCUT2D eigenvalue weighted by Crippen LogP contribution is -2.41. The molecule has 5 heteroatoms. The van der Waals surface area contributed by atoms with Crippen LogP contribution in [-0.4, -0.2) is 53.1 Å². The van der Waals surface area contributed by atoms with Gasteiger partial charge in [-0.2, -0.15) is 0 Å². The minimum atomic E-state index is -0.674. The molecule has 3 rings (SSSR count). The molecule has 1 N–H and O–H groups in total. The molecule has 2 heterocycles. The summed E-state index contributed by atoms with van der Waals surface area (Å²) in [6.07, 6.45) is 8.03. The Morgan fingerprint density at radius 1 is 1.23 bits per heavy atom. The van der Waals surface area contributed by atoms with Crippen molar-refractivity contribution in [1.82, 2.24) is 9.80 Å². The van der Waals surface area contributed by atoms with Crippen molar-refractivity contribution in [3.63, 3.8) is 0 Å². The van der Waals surface area contributed by atoms with Gasteiger partial charge in [0.05, 0.1) is 18.7 Å². The van der Waals surface area contributed by atoms with Crippen molar-refractivity contribution in [3.8, 4) is 0 Å². The van der Waals surface area contributed by atoms with E-state index in [4.69, 9.17) is 4.42 Å². The highest BCUT2D eigenvalue weighted by Gasteiger charge is 2.31. The number of carboxylic acid groups (broad SMARTS) is 1. The Labute approximate surface area is 131 Å². The molecule has 1 atom stereocenters. The Kier molecular flexibility index (Phi) is 5.16. The number of aliphatic carboxylic acids is 1. The SMILES string of the molecule is O=C(O)C1CN(Cc2ccco2)CCN(C2CCCCC2)C1. The first kappa shape index (κ1) is 15.6. The number of hydrogen-bond acceptors (Lipinski definition) is 4. The lowest BCUT2D eigenvalue weighted by molar-refractivity contribution is -0.142. The summed E-state index contributed by atoms with van der Waals surface area (Å²) in [5.41, 5.74) is 0. The van der Waals surface area contributed by atoms with Gasteiger partial charge in [0, 0.05) is 32.2 Å². The first-order chi connectivity index (χ1) is 10.7. The fourth-order valence-electron chi connectivity index (χ4n) is 3.81. The van der Waals surface area contributed by atoms with E-state index in [1.807, 2.05) is 12.1 Å². The van der Waals surface area contributed by atoms with E-state index in [0.717, 1.165) is 18.8 Å². The molecule has 2 fully saturated rings. The van der Waals surface area contributed by atoms with Gasteiger partial charge in [0.2, 0.25) is 0 Å². The first-order valence-electron chi connectivity index (χ1n) is 8.44. The highest BCUT2D eigenvalue weighted by atomic mass is 16.4. The number of furan rings is 1. The molecule has 1 aliphatic heterocycles. The number of rotatable bonds is 4. The standard InChI is InChI=1S/C17H26N2O3/c20-17(21)14-11-18(13-16-7-4-10-22-16)8-9-19(12-14)15-5-2-1-3-6-15/h4,7,10,14-15H,1-3,5-6,8-9,11-13H2,(H,20,21). The highest BCUT2D eigenvalue weighted by Crippen LogP contribution is 2.25. The fraction of sp³-hybridized carbons (Fsp3) is 0.706. The lowest BCUT2D eigenvalue weighted by atomic mass is 9.93. The maximum Gasteiger partial charge on any atom is 0.309 e. The van der Waals surface area contributed by atoms with Crippen LogP contribution in [0, 0.1) is 5.92 Å². The van der Waals surface area contributed by atoms with Crippen molar-refractivity contribution in [1.29, 1.82) is 0 Å². The van der Waals surface area contributed by atoms with E-state index in [1.54, 1.807) is 6.26 Å². The van der Waals surface area contributed by atoms with E-state index in [1.165, 1.54) is 32.1 Å². The van der Waals surface area contributed by atoms with Crippen LogP contribution in [0.5, 0.6) is 0 Å². The summed E-state index contributed by atoms with van der Waals surface area (Å²) in [6, 6.07) is 4.43. The van der Waals surface area contributed by atoms with Crippen LogP contribution in [-0.2, 0) is 11.3 Å². The lowest BCUT2D eigenvalue weighted by Gasteiger charge is -2.34. The van der Waals surface area contributed by atoms with Crippen molar-refractivity contribution in [2.45, 2.75) is 44.7 Å². The molecule has 1 saturated carbocycles.